The number of amides is 2. The van der Waals surface area contributed by atoms with Crippen LogP contribution in [0, 0.1) is 0 Å². The fourth-order valence-electron chi connectivity index (χ4n) is 3.04. The second kappa shape index (κ2) is 10.2. The molecule has 0 aliphatic rings. The van der Waals surface area contributed by atoms with E-state index < -0.39 is 11.9 Å². The van der Waals surface area contributed by atoms with Crippen LogP contribution in [0.15, 0.2) is 65.8 Å². The Bertz CT molecular complexity index is 1090. The van der Waals surface area contributed by atoms with Crippen molar-refractivity contribution in [3.05, 3.63) is 71.8 Å². The van der Waals surface area contributed by atoms with Crippen molar-refractivity contribution in [2.75, 3.05) is 13.7 Å². The van der Waals surface area contributed by atoms with Crippen molar-refractivity contribution in [2.24, 2.45) is 5.10 Å². The molecule has 1 unspecified atom stereocenters. The first-order valence-electron chi connectivity index (χ1n) is 9.96. The topological polar surface area (TPSA) is 89.0 Å². The summed E-state index contributed by atoms with van der Waals surface area (Å²) in [6, 6.07) is 17.5. The maximum Gasteiger partial charge on any atom is 0.262 e. The van der Waals surface area contributed by atoms with Gasteiger partial charge in [0.15, 0.2) is 0 Å². The number of fused-ring (bicyclic) bond motifs is 1. The van der Waals surface area contributed by atoms with Crippen LogP contribution in [0.3, 0.4) is 0 Å². The molecule has 1 atom stereocenters. The molecule has 0 spiro atoms. The van der Waals surface area contributed by atoms with Gasteiger partial charge in [-0.1, -0.05) is 24.3 Å². The summed E-state index contributed by atoms with van der Waals surface area (Å²) in [5.74, 6) is 0.674. The van der Waals surface area contributed by atoms with E-state index in [1.807, 2.05) is 43.3 Å². The van der Waals surface area contributed by atoms with E-state index >= 15 is 0 Å². The van der Waals surface area contributed by atoms with Crippen LogP contribution in [0.5, 0.6) is 11.5 Å². The maximum atomic E-state index is 12.3. The summed E-state index contributed by atoms with van der Waals surface area (Å²) in [7, 11) is 1.55. The van der Waals surface area contributed by atoms with Crippen molar-refractivity contribution >= 4 is 28.8 Å². The molecule has 3 aromatic carbocycles. The normalized spacial score (nSPS) is 11.8. The summed E-state index contributed by atoms with van der Waals surface area (Å²) in [5.41, 5.74) is 3.75. The highest BCUT2D eigenvalue weighted by Gasteiger charge is 2.16. The number of carbonyl (C=O) groups excluding carboxylic acids is 2. The van der Waals surface area contributed by atoms with E-state index in [-0.39, 0.29) is 5.91 Å². The number of benzene rings is 3. The van der Waals surface area contributed by atoms with Gasteiger partial charge in [-0.3, -0.25) is 9.59 Å². The second-order valence-electron chi connectivity index (χ2n) is 6.79. The molecule has 0 aliphatic heterocycles. The molecule has 0 radical (unpaired) electrons. The first kappa shape index (κ1) is 21.8. The van der Waals surface area contributed by atoms with E-state index in [2.05, 4.69) is 15.8 Å². The quantitative estimate of drug-likeness (QED) is 0.432. The van der Waals surface area contributed by atoms with Crippen molar-refractivity contribution in [3.63, 3.8) is 0 Å². The van der Waals surface area contributed by atoms with E-state index in [0.29, 0.717) is 17.9 Å². The Kier molecular flexibility index (Phi) is 7.22. The first-order chi connectivity index (χ1) is 15.0. The Morgan fingerprint density at radius 2 is 1.74 bits per heavy atom. The zero-order valence-electron chi connectivity index (χ0n) is 17.7. The van der Waals surface area contributed by atoms with Crippen LogP contribution in [0.2, 0.25) is 0 Å². The lowest BCUT2D eigenvalue weighted by Gasteiger charge is -2.12. The Morgan fingerprint density at radius 3 is 2.42 bits per heavy atom. The number of rotatable bonds is 8. The zero-order chi connectivity index (χ0) is 22.2. The standard InChI is InChI=1S/C24H25N3O4/c1-4-31-22-14-11-18(20-7-5-6-8-21(20)22)15-25-27-23(28)16(2)26-24(29)17-9-12-19(30-3)13-10-17/h5-16H,4H2,1-3H3,(H,26,29)(H,27,28). The minimum Gasteiger partial charge on any atom is -0.497 e. The molecule has 0 heterocycles. The zero-order valence-corrected chi connectivity index (χ0v) is 17.7. The lowest BCUT2D eigenvalue weighted by Crippen LogP contribution is -2.43. The highest BCUT2D eigenvalue weighted by Crippen LogP contribution is 2.27. The fraction of sp³-hybridized carbons (Fsp3) is 0.208. The van der Waals surface area contributed by atoms with Crippen molar-refractivity contribution in [2.45, 2.75) is 19.9 Å². The molecule has 160 valence electrons. The lowest BCUT2D eigenvalue weighted by molar-refractivity contribution is -0.122. The van der Waals surface area contributed by atoms with Gasteiger partial charge in [-0.2, -0.15) is 5.10 Å². The SMILES string of the molecule is CCOc1ccc(C=NNC(=O)C(C)NC(=O)c2ccc(OC)cc2)c2ccccc12. The predicted octanol–water partition coefficient (Wildman–Crippen LogP) is 3.52. The summed E-state index contributed by atoms with van der Waals surface area (Å²) in [4.78, 5) is 24.6. The van der Waals surface area contributed by atoms with Gasteiger partial charge in [-0.05, 0) is 55.6 Å². The van der Waals surface area contributed by atoms with E-state index in [1.165, 1.54) is 0 Å². The summed E-state index contributed by atoms with van der Waals surface area (Å²) in [6.07, 6.45) is 1.58. The Hall–Kier alpha value is -3.87. The van der Waals surface area contributed by atoms with Gasteiger partial charge < -0.3 is 14.8 Å². The molecule has 7 nitrogen and oxygen atoms in total. The summed E-state index contributed by atoms with van der Waals surface area (Å²) >= 11 is 0. The van der Waals surface area contributed by atoms with Crippen LogP contribution in [-0.2, 0) is 4.79 Å². The van der Waals surface area contributed by atoms with Gasteiger partial charge in [0.1, 0.15) is 17.5 Å². The number of hydrogen-bond acceptors (Lipinski definition) is 5. The molecule has 3 aromatic rings. The molecular formula is C24H25N3O4. The average Bonchev–Trinajstić information content (AvgIpc) is 2.80. The van der Waals surface area contributed by atoms with Gasteiger partial charge in [0, 0.05) is 16.5 Å². The molecule has 3 rings (SSSR count). The number of methoxy groups -OCH3 is 1. The number of ether oxygens (including phenoxy) is 2. The lowest BCUT2D eigenvalue weighted by atomic mass is 10.0. The fourth-order valence-corrected chi connectivity index (χ4v) is 3.04. The highest BCUT2D eigenvalue weighted by atomic mass is 16.5. The third kappa shape index (κ3) is 5.39. The number of nitrogens with zero attached hydrogens (tertiary/aromatic N) is 1. The van der Waals surface area contributed by atoms with Crippen LogP contribution in [0.25, 0.3) is 10.8 Å². The first-order valence-corrected chi connectivity index (χ1v) is 9.96. The van der Waals surface area contributed by atoms with Crippen LogP contribution in [0.4, 0.5) is 0 Å². The third-order valence-corrected chi connectivity index (χ3v) is 4.69. The van der Waals surface area contributed by atoms with Crippen LogP contribution < -0.4 is 20.2 Å². The molecule has 2 amide bonds. The van der Waals surface area contributed by atoms with Crippen molar-refractivity contribution in [3.8, 4) is 11.5 Å². The minimum atomic E-state index is -0.760. The summed E-state index contributed by atoms with van der Waals surface area (Å²) in [6.45, 7) is 4.11. The number of carbonyl (C=O) groups is 2. The average molecular weight is 419 g/mol. The third-order valence-electron chi connectivity index (χ3n) is 4.69. The van der Waals surface area contributed by atoms with E-state index in [0.717, 1.165) is 22.1 Å². The molecule has 0 bridgehead atoms. The molecule has 7 heteroatoms. The van der Waals surface area contributed by atoms with Gasteiger partial charge >= 0.3 is 0 Å². The maximum absolute atomic E-state index is 12.3. The van der Waals surface area contributed by atoms with Crippen LogP contribution in [0.1, 0.15) is 29.8 Å². The Balaban J connectivity index is 1.63. The molecular weight excluding hydrogens is 394 g/mol. The van der Waals surface area contributed by atoms with E-state index in [4.69, 9.17) is 9.47 Å². The van der Waals surface area contributed by atoms with Crippen molar-refractivity contribution < 1.29 is 19.1 Å². The monoisotopic (exact) mass is 419 g/mol. The molecule has 0 saturated carbocycles. The van der Waals surface area contributed by atoms with E-state index in [9.17, 15) is 9.59 Å². The van der Waals surface area contributed by atoms with Gasteiger partial charge in [-0.25, -0.2) is 5.43 Å². The van der Waals surface area contributed by atoms with Gasteiger partial charge in [0.05, 0.1) is 19.9 Å². The van der Waals surface area contributed by atoms with Crippen molar-refractivity contribution in [1.82, 2.24) is 10.7 Å². The molecule has 0 aliphatic carbocycles. The predicted molar refractivity (Wildman–Crippen MR) is 121 cm³/mol. The molecule has 31 heavy (non-hydrogen) atoms. The largest absolute Gasteiger partial charge is 0.497 e. The number of nitrogens with one attached hydrogen (secondary N) is 2. The number of hydrazone groups is 1. The van der Waals surface area contributed by atoms with Gasteiger partial charge in [0.25, 0.3) is 11.8 Å². The smallest absolute Gasteiger partial charge is 0.262 e. The summed E-state index contributed by atoms with van der Waals surface area (Å²) in [5, 5.41) is 8.65. The van der Waals surface area contributed by atoms with Crippen LogP contribution >= 0.6 is 0 Å². The molecule has 0 saturated heterocycles. The van der Waals surface area contributed by atoms with Gasteiger partial charge in [0.2, 0.25) is 0 Å². The Labute approximate surface area is 181 Å². The molecule has 2 N–H and O–H groups in total. The summed E-state index contributed by atoms with van der Waals surface area (Å²) < 4.78 is 10.7. The van der Waals surface area contributed by atoms with Gasteiger partial charge in [-0.15, -0.1) is 0 Å². The number of hydrogen-bond donors (Lipinski definition) is 2. The van der Waals surface area contributed by atoms with Crippen molar-refractivity contribution in [1.29, 1.82) is 0 Å². The highest BCUT2D eigenvalue weighted by molar-refractivity contribution is 6.02. The molecule has 0 aromatic heterocycles. The van der Waals surface area contributed by atoms with Crippen LogP contribution in [-0.4, -0.2) is 37.8 Å². The minimum absolute atomic E-state index is 0.355. The molecule has 0 fully saturated rings. The second-order valence-corrected chi connectivity index (χ2v) is 6.79. The Morgan fingerprint density at radius 1 is 1.03 bits per heavy atom. The van der Waals surface area contributed by atoms with E-state index in [1.54, 1.807) is 44.5 Å².